The van der Waals surface area contributed by atoms with Crippen molar-refractivity contribution in [3.05, 3.63) is 199 Å². The van der Waals surface area contributed by atoms with Crippen LogP contribution in [0.1, 0.15) is 16.7 Å². The van der Waals surface area contributed by atoms with Gasteiger partial charge < -0.3 is 10.2 Å². The number of aromatic hydroxyl groups is 2. The van der Waals surface area contributed by atoms with E-state index in [-0.39, 0.29) is 5.75 Å². The molecule has 7 rings (SSSR count). The Balaban J connectivity index is 0.000000183. The second-order valence-electron chi connectivity index (χ2n) is 12.4. The highest BCUT2D eigenvalue weighted by Crippen LogP contribution is 2.29. The van der Waals surface area contributed by atoms with E-state index >= 15 is 0 Å². The van der Waals surface area contributed by atoms with Gasteiger partial charge in [-0.15, -0.1) is 0 Å². The van der Waals surface area contributed by atoms with Crippen LogP contribution in [0.25, 0.3) is 11.1 Å². The van der Waals surface area contributed by atoms with Crippen LogP contribution >= 0.6 is 0 Å². The van der Waals surface area contributed by atoms with Gasteiger partial charge in [-0.3, -0.25) is 9.98 Å². The van der Waals surface area contributed by atoms with E-state index in [1.807, 2.05) is 122 Å². The molecule has 0 fully saturated rings. The number of rotatable bonds is 8. The van der Waals surface area contributed by atoms with Crippen molar-refractivity contribution in [2.24, 2.45) is 9.98 Å². The summed E-state index contributed by atoms with van der Waals surface area (Å²) in [6.45, 7) is 4.20. The summed E-state index contributed by atoms with van der Waals surface area (Å²) in [5.74, 6) is 0.591. The number of phenols is 2. The van der Waals surface area contributed by atoms with Gasteiger partial charge in [0, 0.05) is 23.6 Å². The average Bonchev–Trinajstić information content (AvgIpc) is 3.20. The third-order valence-electron chi connectivity index (χ3n) is 8.96. The highest BCUT2D eigenvalue weighted by atomic mass is 28.3. The zero-order valence-corrected chi connectivity index (χ0v) is 29.8. The summed E-state index contributed by atoms with van der Waals surface area (Å²) in [4.78, 5) is 8.96. The summed E-state index contributed by atoms with van der Waals surface area (Å²) in [7, 11) is -2.37. The maximum absolute atomic E-state index is 11.3. The third kappa shape index (κ3) is 8.30. The fraction of sp³-hybridized carbons (Fsp3) is 0.0435. The topological polar surface area (TPSA) is 65.2 Å². The number of benzene rings is 7. The number of phenolic OH excluding ortho intramolecular Hbond substituents is 2. The number of hydrogen-bond donors (Lipinski definition) is 2. The van der Waals surface area contributed by atoms with Crippen molar-refractivity contribution in [1.82, 2.24) is 0 Å². The lowest BCUT2D eigenvalue weighted by molar-refractivity contribution is 0.470. The van der Waals surface area contributed by atoms with Crippen molar-refractivity contribution >= 4 is 47.4 Å². The molecule has 0 aliphatic rings. The Labute approximate surface area is 301 Å². The van der Waals surface area contributed by atoms with Crippen molar-refractivity contribution in [2.75, 3.05) is 0 Å². The van der Waals surface area contributed by atoms with E-state index in [0.717, 1.165) is 44.4 Å². The predicted molar refractivity (Wildman–Crippen MR) is 217 cm³/mol. The van der Waals surface area contributed by atoms with E-state index in [4.69, 9.17) is 0 Å². The zero-order chi connectivity index (χ0) is 35.5. The standard InChI is InChI=1S/C26H23NOSi.C20H17NO/c1-29(23-15-7-3-8-16-23,24-17-9-4-10-18-24)25-19-11-12-21(26(25)28)20-27-22-13-5-2-6-14-22;1-15-12-17(16-8-4-2-5-9-16)13-18(20(15)22)14-21-19-10-6-3-7-11-19/h2-20,28H,1H3;2-14,22H,1H3. The lowest BCUT2D eigenvalue weighted by Gasteiger charge is -2.30. The molecule has 0 saturated heterocycles. The molecule has 0 aliphatic carbocycles. The Morgan fingerprint density at radius 2 is 0.902 bits per heavy atom. The van der Waals surface area contributed by atoms with Gasteiger partial charge in [0.2, 0.25) is 0 Å². The van der Waals surface area contributed by atoms with Gasteiger partial charge in [-0.05, 0) is 81.6 Å². The molecule has 0 radical (unpaired) electrons. The molecule has 5 heteroatoms. The molecule has 0 amide bonds. The second kappa shape index (κ2) is 16.4. The molecule has 0 heterocycles. The van der Waals surface area contributed by atoms with Crippen LogP contribution in [0, 0.1) is 6.92 Å². The molecule has 250 valence electrons. The maximum atomic E-state index is 11.3. The summed E-state index contributed by atoms with van der Waals surface area (Å²) >= 11 is 0. The van der Waals surface area contributed by atoms with Crippen LogP contribution < -0.4 is 15.6 Å². The SMILES string of the molecule is C[Si](c1ccccc1)(c1ccccc1)c1cccc(C=Nc2ccccc2)c1O.Cc1cc(-c2ccccc2)cc(C=Nc2ccccc2)c1O. The van der Waals surface area contributed by atoms with Gasteiger partial charge in [0.25, 0.3) is 0 Å². The van der Waals surface area contributed by atoms with Crippen LogP contribution in [0.2, 0.25) is 6.55 Å². The minimum atomic E-state index is -2.37. The average molecular weight is 681 g/mol. The van der Waals surface area contributed by atoms with Crippen molar-refractivity contribution in [1.29, 1.82) is 0 Å². The zero-order valence-electron chi connectivity index (χ0n) is 28.8. The molecule has 0 atom stereocenters. The van der Waals surface area contributed by atoms with Crippen LogP contribution in [0.5, 0.6) is 11.5 Å². The van der Waals surface area contributed by atoms with Gasteiger partial charge >= 0.3 is 0 Å². The van der Waals surface area contributed by atoms with Gasteiger partial charge in [-0.2, -0.15) is 0 Å². The fourth-order valence-corrected chi connectivity index (χ4v) is 9.83. The Hall–Kier alpha value is -6.30. The lowest BCUT2D eigenvalue weighted by atomic mass is 9.99. The van der Waals surface area contributed by atoms with Crippen LogP contribution in [-0.2, 0) is 0 Å². The number of aryl methyl sites for hydroxylation is 1. The van der Waals surface area contributed by atoms with Gasteiger partial charge in [0.1, 0.15) is 19.6 Å². The summed E-state index contributed by atoms with van der Waals surface area (Å²) in [5, 5.41) is 25.0. The van der Waals surface area contributed by atoms with E-state index < -0.39 is 8.07 Å². The molecule has 4 nitrogen and oxygen atoms in total. The molecule has 7 aromatic rings. The minimum Gasteiger partial charge on any atom is -0.507 e. The smallest absolute Gasteiger partial charge is 0.150 e. The summed E-state index contributed by atoms with van der Waals surface area (Å²) in [6.07, 6.45) is 3.46. The molecule has 0 saturated carbocycles. The first-order chi connectivity index (χ1) is 24.9. The number of aliphatic imine (C=N–C) groups is 2. The van der Waals surface area contributed by atoms with Crippen LogP contribution in [-0.4, -0.2) is 30.7 Å². The highest BCUT2D eigenvalue weighted by Gasteiger charge is 2.36. The quantitative estimate of drug-likeness (QED) is 0.0955. The lowest BCUT2D eigenvalue weighted by Crippen LogP contribution is -2.64. The molecule has 7 aromatic carbocycles. The van der Waals surface area contributed by atoms with Crippen LogP contribution in [0.4, 0.5) is 11.4 Å². The monoisotopic (exact) mass is 680 g/mol. The molecule has 0 aromatic heterocycles. The van der Waals surface area contributed by atoms with Crippen molar-refractivity contribution in [3.63, 3.8) is 0 Å². The van der Waals surface area contributed by atoms with Gasteiger partial charge in [-0.1, -0.05) is 146 Å². The number of hydrogen-bond acceptors (Lipinski definition) is 4. The van der Waals surface area contributed by atoms with Gasteiger partial charge in [0.15, 0.2) is 0 Å². The fourth-order valence-electron chi connectivity index (χ4n) is 6.11. The Kier molecular flexibility index (Phi) is 11.1. The predicted octanol–water partition coefficient (Wildman–Crippen LogP) is 9.36. The molecule has 2 N–H and O–H groups in total. The summed E-state index contributed by atoms with van der Waals surface area (Å²) in [5.41, 5.74) is 6.23. The maximum Gasteiger partial charge on any atom is 0.150 e. The van der Waals surface area contributed by atoms with E-state index in [2.05, 4.69) is 83.3 Å². The van der Waals surface area contributed by atoms with Crippen molar-refractivity contribution in [3.8, 4) is 22.6 Å². The Bertz CT molecular complexity index is 2180. The summed E-state index contributed by atoms with van der Waals surface area (Å²) in [6, 6.07) is 60.6. The molecule has 0 bridgehead atoms. The molecule has 0 unspecified atom stereocenters. The third-order valence-corrected chi connectivity index (χ3v) is 13.4. The van der Waals surface area contributed by atoms with E-state index in [0.29, 0.717) is 5.75 Å². The molecule has 51 heavy (non-hydrogen) atoms. The Morgan fingerprint density at radius 3 is 1.41 bits per heavy atom. The number of para-hydroxylation sites is 3. The summed E-state index contributed by atoms with van der Waals surface area (Å²) < 4.78 is 0. The molecular formula is C46H40N2O2Si. The molecular weight excluding hydrogens is 641 g/mol. The highest BCUT2D eigenvalue weighted by molar-refractivity contribution is 7.11. The van der Waals surface area contributed by atoms with E-state index in [9.17, 15) is 10.2 Å². The van der Waals surface area contributed by atoms with Crippen LogP contribution in [0.15, 0.2) is 192 Å². The Morgan fingerprint density at radius 1 is 0.451 bits per heavy atom. The molecule has 0 spiro atoms. The first kappa shape index (κ1) is 34.6. The normalized spacial score (nSPS) is 11.3. The first-order valence-corrected chi connectivity index (χ1v) is 19.4. The van der Waals surface area contributed by atoms with E-state index in [1.54, 1.807) is 12.4 Å². The largest absolute Gasteiger partial charge is 0.507 e. The first-order valence-electron chi connectivity index (χ1n) is 16.9. The number of nitrogens with zero attached hydrogens (tertiary/aromatic N) is 2. The minimum absolute atomic E-state index is 0.277. The second-order valence-corrected chi connectivity index (χ2v) is 16.3. The van der Waals surface area contributed by atoms with E-state index in [1.165, 1.54) is 10.4 Å². The van der Waals surface area contributed by atoms with Gasteiger partial charge in [0.05, 0.1) is 11.4 Å². The van der Waals surface area contributed by atoms with Crippen molar-refractivity contribution in [2.45, 2.75) is 13.5 Å². The van der Waals surface area contributed by atoms with Gasteiger partial charge in [-0.25, -0.2) is 0 Å². The van der Waals surface area contributed by atoms with Crippen LogP contribution in [0.3, 0.4) is 0 Å². The van der Waals surface area contributed by atoms with Crippen molar-refractivity contribution < 1.29 is 10.2 Å². The molecule has 0 aliphatic heterocycles.